The van der Waals surface area contributed by atoms with E-state index in [0.717, 1.165) is 43.7 Å². The first-order valence-electron chi connectivity index (χ1n) is 13.8. The molecule has 0 aliphatic carbocycles. The second-order valence-electron chi connectivity index (χ2n) is 11.3. The summed E-state index contributed by atoms with van der Waals surface area (Å²) in [6.07, 6.45) is 6.63. The van der Waals surface area contributed by atoms with Crippen LogP contribution in [0.5, 0.6) is 0 Å². The van der Waals surface area contributed by atoms with Crippen molar-refractivity contribution in [3.05, 3.63) is 71.3 Å². The van der Waals surface area contributed by atoms with Crippen LogP contribution in [0.3, 0.4) is 0 Å². The van der Waals surface area contributed by atoms with E-state index in [0.29, 0.717) is 25.3 Å². The van der Waals surface area contributed by atoms with Crippen molar-refractivity contribution in [2.45, 2.75) is 70.6 Å². The van der Waals surface area contributed by atoms with E-state index in [4.69, 9.17) is 4.74 Å². The third-order valence-electron chi connectivity index (χ3n) is 7.01. The van der Waals surface area contributed by atoms with Crippen molar-refractivity contribution < 1.29 is 19.1 Å². The third kappa shape index (κ3) is 8.96. The number of piperidine rings is 2. The molecule has 3 amide bonds. The number of nitrogens with zero attached hydrogens (tertiary/aromatic N) is 1. The van der Waals surface area contributed by atoms with Crippen molar-refractivity contribution in [2.24, 2.45) is 0 Å². The summed E-state index contributed by atoms with van der Waals surface area (Å²) in [4.78, 5) is 37.5. The van der Waals surface area contributed by atoms with E-state index >= 15 is 0 Å². The zero-order chi connectivity index (χ0) is 27.8. The molecule has 2 heterocycles. The molecule has 0 spiro atoms. The molecule has 0 saturated carbocycles. The summed E-state index contributed by atoms with van der Waals surface area (Å²) >= 11 is 0. The number of nitrogens with one attached hydrogen (secondary N) is 3. The van der Waals surface area contributed by atoms with Gasteiger partial charge in [-0.3, -0.25) is 19.8 Å². The van der Waals surface area contributed by atoms with E-state index in [1.54, 1.807) is 0 Å². The number of imide groups is 1. The lowest BCUT2D eigenvalue weighted by molar-refractivity contribution is -0.133. The van der Waals surface area contributed by atoms with Gasteiger partial charge in [-0.1, -0.05) is 48.6 Å². The normalized spacial score (nSPS) is 19.1. The van der Waals surface area contributed by atoms with Gasteiger partial charge in [0.05, 0.1) is 0 Å². The second-order valence-corrected chi connectivity index (χ2v) is 11.3. The summed E-state index contributed by atoms with van der Waals surface area (Å²) in [6, 6.07) is 16.6. The van der Waals surface area contributed by atoms with Crippen LogP contribution in [0.15, 0.2) is 54.6 Å². The zero-order valence-electron chi connectivity index (χ0n) is 23.2. The summed E-state index contributed by atoms with van der Waals surface area (Å²) in [5, 5.41) is 8.37. The van der Waals surface area contributed by atoms with Gasteiger partial charge in [0.2, 0.25) is 11.8 Å². The monoisotopic (exact) mass is 532 g/mol. The molecular formula is C31H40N4O4. The van der Waals surface area contributed by atoms with Crippen molar-refractivity contribution in [1.29, 1.82) is 0 Å². The van der Waals surface area contributed by atoms with E-state index in [-0.39, 0.29) is 17.9 Å². The Bertz CT molecular complexity index is 1160. The Morgan fingerprint density at radius 3 is 2.36 bits per heavy atom. The molecular weight excluding hydrogens is 492 g/mol. The van der Waals surface area contributed by atoms with Crippen LogP contribution in [0.1, 0.15) is 69.1 Å². The predicted molar refractivity (Wildman–Crippen MR) is 153 cm³/mol. The smallest absolute Gasteiger partial charge is 0.407 e. The highest BCUT2D eigenvalue weighted by molar-refractivity contribution is 6.01. The van der Waals surface area contributed by atoms with Gasteiger partial charge in [0, 0.05) is 25.2 Å². The summed E-state index contributed by atoms with van der Waals surface area (Å²) in [5.41, 5.74) is 4.13. The summed E-state index contributed by atoms with van der Waals surface area (Å²) in [7, 11) is 0. The number of rotatable bonds is 8. The quantitative estimate of drug-likeness (QED) is 0.422. The highest BCUT2D eigenvalue weighted by Gasteiger charge is 2.26. The Balaban J connectivity index is 1.18. The molecule has 39 heavy (non-hydrogen) atoms. The SMILES string of the molecule is CC(C)(C)OC(=O)NC/C=C/c1ccc(CN2CCC(c3ccc(NC4CCC(=O)NC4=O)cc3)CC2)cc1. The van der Waals surface area contributed by atoms with E-state index in [1.165, 1.54) is 11.1 Å². The number of carbonyl (C=O) groups is 3. The molecule has 2 aromatic carbocycles. The topological polar surface area (TPSA) is 99.8 Å². The molecule has 0 radical (unpaired) electrons. The van der Waals surface area contributed by atoms with Crippen molar-refractivity contribution in [1.82, 2.24) is 15.5 Å². The van der Waals surface area contributed by atoms with Crippen LogP contribution < -0.4 is 16.0 Å². The van der Waals surface area contributed by atoms with Gasteiger partial charge in [-0.15, -0.1) is 0 Å². The average Bonchev–Trinajstić information content (AvgIpc) is 2.89. The van der Waals surface area contributed by atoms with Gasteiger partial charge < -0.3 is 15.4 Å². The molecule has 2 aliphatic heterocycles. The van der Waals surface area contributed by atoms with Gasteiger partial charge in [0.15, 0.2) is 0 Å². The Labute approximate surface area is 231 Å². The van der Waals surface area contributed by atoms with Crippen LogP contribution in [-0.2, 0) is 20.9 Å². The fraction of sp³-hybridized carbons (Fsp3) is 0.452. The molecule has 8 nitrogen and oxygen atoms in total. The number of hydrogen-bond donors (Lipinski definition) is 3. The lowest BCUT2D eigenvalue weighted by atomic mass is 9.89. The standard InChI is InChI=1S/C31H40N4O4/c1-31(2,3)39-30(38)32-18-4-5-22-6-8-23(9-7-22)21-35-19-16-25(17-20-35)24-10-12-26(13-11-24)33-27-14-15-28(36)34-29(27)37/h4-13,25,27,33H,14-21H2,1-3H3,(H,32,38)(H,34,36,37)/b5-4+. The van der Waals surface area contributed by atoms with E-state index in [9.17, 15) is 14.4 Å². The summed E-state index contributed by atoms with van der Waals surface area (Å²) < 4.78 is 5.23. The lowest BCUT2D eigenvalue weighted by Crippen LogP contribution is -2.47. The third-order valence-corrected chi connectivity index (χ3v) is 7.01. The molecule has 0 bridgehead atoms. The van der Waals surface area contributed by atoms with Gasteiger partial charge in [-0.25, -0.2) is 4.79 Å². The minimum absolute atomic E-state index is 0.199. The number of alkyl carbamates (subject to hydrolysis) is 1. The Morgan fingerprint density at radius 1 is 1.03 bits per heavy atom. The van der Waals surface area contributed by atoms with E-state index in [1.807, 2.05) is 45.1 Å². The number of likely N-dealkylation sites (tertiary alicyclic amines) is 1. The number of hydrogen-bond acceptors (Lipinski definition) is 6. The molecule has 2 saturated heterocycles. The lowest BCUT2D eigenvalue weighted by Gasteiger charge is -2.32. The molecule has 3 N–H and O–H groups in total. The van der Waals surface area contributed by atoms with Crippen LogP contribution in [0, 0.1) is 0 Å². The van der Waals surface area contributed by atoms with Crippen LogP contribution in [0.2, 0.25) is 0 Å². The number of benzene rings is 2. The van der Waals surface area contributed by atoms with Crippen molar-refractivity contribution in [3.8, 4) is 0 Å². The first-order chi connectivity index (χ1) is 18.6. The molecule has 2 fully saturated rings. The fourth-order valence-corrected chi connectivity index (χ4v) is 4.95. The molecule has 2 aromatic rings. The van der Waals surface area contributed by atoms with Gasteiger partial charge in [0.1, 0.15) is 11.6 Å². The maximum absolute atomic E-state index is 12.0. The highest BCUT2D eigenvalue weighted by Crippen LogP contribution is 2.30. The van der Waals surface area contributed by atoms with Crippen molar-refractivity contribution in [2.75, 3.05) is 25.0 Å². The highest BCUT2D eigenvalue weighted by atomic mass is 16.6. The van der Waals surface area contributed by atoms with Crippen LogP contribution in [0.4, 0.5) is 10.5 Å². The molecule has 1 unspecified atom stereocenters. The minimum atomic E-state index is -0.497. The molecule has 8 heteroatoms. The molecule has 4 rings (SSSR count). The van der Waals surface area contributed by atoms with E-state index in [2.05, 4.69) is 57.2 Å². The van der Waals surface area contributed by atoms with Gasteiger partial charge in [-0.05, 0) is 87.9 Å². The maximum atomic E-state index is 12.0. The van der Waals surface area contributed by atoms with Crippen LogP contribution in [0.25, 0.3) is 6.08 Å². The largest absolute Gasteiger partial charge is 0.444 e. The number of ether oxygens (including phenoxy) is 1. The Hall–Kier alpha value is -3.65. The van der Waals surface area contributed by atoms with Gasteiger partial charge in [0.25, 0.3) is 0 Å². The average molecular weight is 533 g/mol. The van der Waals surface area contributed by atoms with Gasteiger partial charge in [-0.2, -0.15) is 0 Å². The Kier molecular flexibility index (Phi) is 9.41. The second kappa shape index (κ2) is 12.9. The number of amides is 3. The predicted octanol–water partition coefficient (Wildman–Crippen LogP) is 4.82. The molecule has 2 aliphatic rings. The number of anilines is 1. The first kappa shape index (κ1) is 28.4. The Morgan fingerprint density at radius 2 is 1.72 bits per heavy atom. The minimum Gasteiger partial charge on any atom is -0.444 e. The zero-order valence-corrected chi connectivity index (χ0v) is 23.2. The van der Waals surface area contributed by atoms with Gasteiger partial charge >= 0.3 is 6.09 Å². The summed E-state index contributed by atoms with van der Waals surface area (Å²) in [5.74, 6) is 0.0875. The fourth-order valence-electron chi connectivity index (χ4n) is 4.95. The van der Waals surface area contributed by atoms with Crippen molar-refractivity contribution >= 4 is 29.7 Å². The molecule has 208 valence electrons. The first-order valence-corrected chi connectivity index (χ1v) is 13.8. The molecule has 0 aromatic heterocycles. The number of carbonyl (C=O) groups excluding carboxylic acids is 3. The van der Waals surface area contributed by atoms with E-state index < -0.39 is 11.7 Å². The van der Waals surface area contributed by atoms with Crippen LogP contribution >= 0.6 is 0 Å². The van der Waals surface area contributed by atoms with Crippen molar-refractivity contribution in [3.63, 3.8) is 0 Å². The van der Waals surface area contributed by atoms with Crippen LogP contribution in [-0.4, -0.2) is 54.1 Å². The molecule has 1 atom stereocenters. The summed E-state index contributed by atoms with van der Waals surface area (Å²) in [6.45, 7) is 9.00. The maximum Gasteiger partial charge on any atom is 0.407 e.